The van der Waals surface area contributed by atoms with Crippen molar-refractivity contribution in [3.63, 3.8) is 0 Å². The fourth-order valence-electron chi connectivity index (χ4n) is 1.86. The summed E-state index contributed by atoms with van der Waals surface area (Å²) in [5, 5.41) is 6.48. The van der Waals surface area contributed by atoms with Gasteiger partial charge in [-0.1, -0.05) is 6.92 Å². The maximum atomic E-state index is 5.40. The van der Waals surface area contributed by atoms with E-state index >= 15 is 0 Å². The van der Waals surface area contributed by atoms with Crippen LogP contribution in [0.4, 0.5) is 11.6 Å². The van der Waals surface area contributed by atoms with Gasteiger partial charge in [0.2, 0.25) is 5.75 Å². The molecule has 0 fully saturated rings. The zero-order valence-electron chi connectivity index (χ0n) is 12.1. The van der Waals surface area contributed by atoms with Crippen LogP contribution < -0.4 is 15.4 Å². The zero-order chi connectivity index (χ0) is 14.4. The number of ether oxygens (including phenoxy) is 1. The van der Waals surface area contributed by atoms with E-state index in [-0.39, 0.29) is 0 Å². The molecule has 108 valence electrons. The number of anilines is 2. The molecule has 2 aromatic rings. The third kappa shape index (κ3) is 3.39. The number of thiophene rings is 1. The lowest BCUT2D eigenvalue weighted by Crippen LogP contribution is -2.07. The van der Waals surface area contributed by atoms with E-state index in [0.29, 0.717) is 17.4 Å². The molecule has 5 nitrogen and oxygen atoms in total. The highest BCUT2D eigenvalue weighted by Gasteiger charge is 2.11. The SMILES string of the molecule is CCNc1ncnc(NCc2ccc(CC)s2)c1OC. The van der Waals surface area contributed by atoms with E-state index in [1.54, 1.807) is 7.11 Å². The standard InChI is InChI=1S/C14H20N4OS/c1-4-10-6-7-11(20-10)8-16-14-12(19-3)13(15-5-2)17-9-18-14/h6-7,9H,4-5,8H2,1-3H3,(H2,15,16,17,18). The number of aromatic nitrogens is 2. The Morgan fingerprint density at radius 2 is 1.80 bits per heavy atom. The summed E-state index contributed by atoms with van der Waals surface area (Å²) in [5.74, 6) is 2.08. The summed E-state index contributed by atoms with van der Waals surface area (Å²) < 4.78 is 5.40. The van der Waals surface area contributed by atoms with E-state index in [2.05, 4.69) is 39.7 Å². The van der Waals surface area contributed by atoms with Crippen LogP contribution in [0.15, 0.2) is 18.5 Å². The summed E-state index contributed by atoms with van der Waals surface area (Å²) in [7, 11) is 1.63. The first-order chi connectivity index (χ1) is 9.78. The molecule has 2 rings (SSSR count). The van der Waals surface area contributed by atoms with Gasteiger partial charge in [0.15, 0.2) is 11.6 Å². The number of hydrogen-bond acceptors (Lipinski definition) is 6. The predicted molar refractivity (Wildman–Crippen MR) is 83.8 cm³/mol. The van der Waals surface area contributed by atoms with Gasteiger partial charge in [0.25, 0.3) is 0 Å². The largest absolute Gasteiger partial charge is 0.490 e. The number of nitrogens with zero attached hydrogens (tertiary/aromatic N) is 2. The molecule has 0 saturated heterocycles. The summed E-state index contributed by atoms with van der Waals surface area (Å²) in [5.41, 5.74) is 0. The van der Waals surface area contributed by atoms with E-state index in [9.17, 15) is 0 Å². The van der Waals surface area contributed by atoms with Gasteiger partial charge >= 0.3 is 0 Å². The van der Waals surface area contributed by atoms with Gasteiger partial charge in [0.1, 0.15) is 6.33 Å². The van der Waals surface area contributed by atoms with Crippen molar-refractivity contribution in [1.82, 2.24) is 9.97 Å². The van der Waals surface area contributed by atoms with Crippen LogP contribution in [-0.4, -0.2) is 23.6 Å². The summed E-state index contributed by atoms with van der Waals surface area (Å²) in [6.45, 7) is 5.72. The second-order valence-electron chi connectivity index (χ2n) is 4.21. The molecule has 6 heteroatoms. The van der Waals surface area contributed by atoms with E-state index in [1.165, 1.54) is 16.1 Å². The Labute approximate surface area is 123 Å². The fraction of sp³-hybridized carbons (Fsp3) is 0.429. The Kier molecular flexibility index (Phi) is 5.17. The normalized spacial score (nSPS) is 10.3. The maximum Gasteiger partial charge on any atom is 0.204 e. The zero-order valence-corrected chi connectivity index (χ0v) is 12.9. The molecule has 2 N–H and O–H groups in total. The molecule has 0 spiro atoms. The van der Waals surface area contributed by atoms with Crippen LogP contribution in [0.1, 0.15) is 23.6 Å². The Morgan fingerprint density at radius 3 is 2.40 bits per heavy atom. The van der Waals surface area contributed by atoms with Gasteiger partial charge in [-0.3, -0.25) is 0 Å². The Bertz CT molecular complexity index is 556. The minimum absolute atomic E-state index is 0.654. The van der Waals surface area contributed by atoms with Crippen molar-refractivity contribution in [3.05, 3.63) is 28.2 Å². The van der Waals surface area contributed by atoms with Gasteiger partial charge in [-0.05, 0) is 25.5 Å². The minimum Gasteiger partial charge on any atom is -0.490 e. The van der Waals surface area contributed by atoms with Crippen molar-refractivity contribution in [2.75, 3.05) is 24.3 Å². The van der Waals surface area contributed by atoms with E-state index < -0.39 is 0 Å². The third-order valence-electron chi connectivity index (χ3n) is 2.85. The smallest absolute Gasteiger partial charge is 0.204 e. The average molecular weight is 292 g/mol. The van der Waals surface area contributed by atoms with Crippen molar-refractivity contribution in [1.29, 1.82) is 0 Å². The van der Waals surface area contributed by atoms with Gasteiger partial charge in [-0.2, -0.15) is 0 Å². The van der Waals surface area contributed by atoms with Gasteiger partial charge in [-0.15, -0.1) is 11.3 Å². The highest BCUT2D eigenvalue weighted by Crippen LogP contribution is 2.29. The summed E-state index contributed by atoms with van der Waals surface area (Å²) in [6, 6.07) is 4.32. The second-order valence-corrected chi connectivity index (χ2v) is 5.46. The Morgan fingerprint density at radius 1 is 1.10 bits per heavy atom. The molecule has 0 aliphatic heterocycles. The first-order valence-electron chi connectivity index (χ1n) is 6.72. The third-order valence-corrected chi connectivity index (χ3v) is 4.08. The fourth-order valence-corrected chi connectivity index (χ4v) is 2.76. The van der Waals surface area contributed by atoms with Gasteiger partial charge in [-0.25, -0.2) is 9.97 Å². The Balaban J connectivity index is 2.10. The van der Waals surface area contributed by atoms with Crippen molar-refractivity contribution in [2.24, 2.45) is 0 Å². The molecule has 0 amide bonds. The number of aryl methyl sites for hydroxylation is 1. The van der Waals surface area contributed by atoms with Crippen molar-refractivity contribution < 1.29 is 4.74 Å². The molecular formula is C14H20N4OS. The Hall–Kier alpha value is -1.82. The van der Waals surface area contributed by atoms with Gasteiger partial charge < -0.3 is 15.4 Å². The molecule has 20 heavy (non-hydrogen) atoms. The van der Waals surface area contributed by atoms with Crippen molar-refractivity contribution in [3.8, 4) is 5.75 Å². The van der Waals surface area contributed by atoms with Crippen LogP contribution in [0.3, 0.4) is 0 Å². The number of hydrogen-bond donors (Lipinski definition) is 2. The van der Waals surface area contributed by atoms with E-state index in [0.717, 1.165) is 19.5 Å². The minimum atomic E-state index is 0.654. The van der Waals surface area contributed by atoms with Gasteiger partial charge in [0.05, 0.1) is 13.7 Å². The summed E-state index contributed by atoms with van der Waals surface area (Å²) in [4.78, 5) is 11.1. The molecule has 0 radical (unpaired) electrons. The lowest BCUT2D eigenvalue weighted by molar-refractivity contribution is 0.414. The second kappa shape index (κ2) is 7.09. The topological polar surface area (TPSA) is 59.1 Å². The number of methoxy groups -OCH3 is 1. The van der Waals surface area contributed by atoms with Crippen molar-refractivity contribution in [2.45, 2.75) is 26.8 Å². The number of rotatable bonds is 7. The van der Waals surface area contributed by atoms with E-state index in [1.807, 2.05) is 18.3 Å². The molecule has 0 aliphatic rings. The molecule has 0 bridgehead atoms. The lowest BCUT2D eigenvalue weighted by atomic mass is 10.3. The van der Waals surface area contributed by atoms with Crippen LogP contribution in [0.2, 0.25) is 0 Å². The van der Waals surface area contributed by atoms with Crippen LogP contribution >= 0.6 is 11.3 Å². The molecule has 0 aliphatic carbocycles. The van der Waals surface area contributed by atoms with Crippen molar-refractivity contribution >= 4 is 23.0 Å². The van der Waals surface area contributed by atoms with Crippen LogP contribution in [0.25, 0.3) is 0 Å². The quantitative estimate of drug-likeness (QED) is 0.821. The molecular weight excluding hydrogens is 272 g/mol. The summed E-state index contributed by atoms with van der Waals surface area (Å²) in [6.07, 6.45) is 2.61. The molecule has 0 atom stereocenters. The maximum absolute atomic E-state index is 5.40. The predicted octanol–water partition coefficient (Wildman–Crippen LogP) is 3.15. The molecule has 0 unspecified atom stereocenters. The molecule has 0 aromatic carbocycles. The first kappa shape index (κ1) is 14.6. The van der Waals surface area contributed by atoms with Crippen LogP contribution in [-0.2, 0) is 13.0 Å². The van der Waals surface area contributed by atoms with Crippen LogP contribution in [0.5, 0.6) is 5.75 Å². The highest BCUT2D eigenvalue weighted by atomic mass is 32.1. The number of nitrogens with one attached hydrogen (secondary N) is 2. The average Bonchev–Trinajstić information content (AvgIpc) is 2.93. The molecule has 2 heterocycles. The van der Waals surface area contributed by atoms with Gasteiger partial charge in [0, 0.05) is 16.3 Å². The lowest BCUT2D eigenvalue weighted by Gasteiger charge is -2.13. The van der Waals surface area contributed by atoms with Crippen LogP contribution in [0, 0.1) is 0 Å². The highest BCUT2D eigenvalue weighted by molar-refractivity contribution is 7.12. The molecule has 0 saturated carbocycles. The first-order valence-corrected chi connectivity index (χ1v) is 7.54. The summed E-state index contributed by atoms with van der Waals surface area (Å²) >= 11 is 1.82. The monoisotopic (exact) mass is 292 g/mol. The van der Waals surface area contributed by atoms with E-state index in [4.69, 9.17) is 4.74 Å². The molecule has 2 aromatic heterocycles.